The zero-order chi connectivity index (χ0) is 9.40. The van der Waals surface area contributed by atoms with Gasteiger partial charge in [-0.25, -0.2) is 14.6 Å². The molecule has 0 aliphatic rings. The van der Waals surface area contributed by atoms with Crippen LogP contribution in [0, 0.1) is 0 Å². The van der Waals surface area contributed by atoms with Crippen LogP contribution in [-0.4, -0.2) is 25.5 Å². The Labute approximate surface area is 69.0 Å². The Bertz CT molecular complexity index is 133. The number of hydrogen-bond acceptors (Lipinski definition) is 3. The lowest BCUT2D eigenvalue weighted by Gasteiger charge is -2.02. The van der Waals surface area contributed by atoms with E-state index < -0.39 is 13.0 Å². The third-order valence-corrected chi connectivity index (χ3v) is 1.10. The Kier molecular flexibility index (Phi) is 6.50. The molecule has 4 nitrogen and oxygen atoms in total. The molecule has 12 heavy (non-hydrogen) atoms. The number of nitrogens with two attached hydrogens (primary N) is 1. The van der Waals surface area contributed by atoms with E-state index in [1.165, 1.54) is 0 Å². The van der Waals surface area contributed by atoms with Gasteiger partial charge in [-0.1, -0.05) is 0 Å². The van der Waals surface area contributed by atoms with Gasteiger partial charge < -0.3 is 4.74 Å². The number of hydrogen-bond donors (Lipinski definition) is 2. The first-order chi connectivity index (χ1) is 5.66. The van der Waals surface area contributed by atoms with Gasteiger partial charge >= 0.3 is 0 Å². The van der Waals surface area contributed by atoms with Crippen molar-refractivity contribution in [3.63, 3.8) is 0 Å². The first-order valence-corrected chi connectivity index (χ1v) is 3.52. The summed E-state index contributed by atoms with van der Waals surface area (Å²) in [4.78, 5) is 10.5. The molecule has 3 N–H and O–H groups in total. The van der Waals surface area contributed by atoms with Gasteiger partial charge in [0.25, 0.3) is 6.43 Å². The number of hydrazine groups is 1. The SMILES string of the molecule is NNC(=O)CCCOCC(F)F. The van der Waals surface area contributed by atoms with Crippen LogP contribution in [0.2, 0.25) is 0 Å². The van der Waals surface area contributed by atoms with Crippen molar-refractivity contribution in [2.75, 3.05) is 13.2 Å². The van der Waals surface area contributed by atoms with Crippen molar-refractivity contribution >= 4 is 5.91 Å². The highest BCUT2D eigenvalue weighted by Crippen LogP contribution is 1.95. The van der Waals surface area contributed by atoms with Crippen LogP contribution in [0.5, 0.6) is 0 Å². The molecule has 1 amide bonds. The Morgan fingerprint density at radius 1 is 1.58 bits per heavy atom. The van der Waals surface area contributed by atoms with Gasteiger partial charge in [-0.3, -0.25) is 10.2 Å². The third kappa shape index (κ3) is 7.36. The number of carbonyl (C=O) groups is 1. The lowest BCUT2D eigenvalue weighted by atomic mass is 10.3. The summed E-state index contributed by atoms with van der Waals surface area (Å²) >= 11 is 0. The fraction of sp³-hybridized carbons (Fsp3) is 0.833. The molecular formula is C6H12F2N2O2. The van der Waals surface area contributed by atoms with E-state index in [0.717, 1.165) is 0 Å². The van der Waals surface area contributed by atoms with Gasteiger partial charge in [0.05, 0.1) is 0 Å². The predicted octanol–water partition coefficient (Wildman–Crippen LogP) is 0.0382. The Morgan fingerprint density at radius 2 is 2.25 bits per heavy atom. The number of amides is 1. The summed E-state index contributed by atoms with van der Waals surface area (Å²) in [5.74, 6) is 4.45. The van der Waals surface area contributed by atoms with E-state index in [0.29, 0.717) is 6.42 Å². The Morgan fingerprint density at radius 3 is 2.75 bits per heavy atom. The van der Waals surface area contributed by atoms with Gasteiger partial charge in [-0.2, -0.15) is 0 Å². The van der Waals surface area contributed by atoms with Crippen LogP contribution in [0.3, 0.4) is 0 Å². The molecule has 0 aromatic carbocycles. The van der Waals surface area contributed by atoms with Crippen LogP contribution in [0.15, 0.2) is 0 Å². The van der Waals surface area contributed by atoms with Crippen molar-refractivity contribution in [1.29, 1.82) is 0 Å². The number of nitrogens with one attached hydrogen (secondary N) is 1. The van der Waals surface area contributed by atoms with Crippen molar-refractivity contribution in [3.8, 4) is 0 Å². The molecule has 0 radical (unpaired) electrons. The minimum absolute atomic E-state index is 0.151. The maximum atomic E-state index is 11.5. The molecule has 0 rings (SSSR count). The van der Waals surface area contributed by atoms with Gasteiger partial charge in [0.15, 0.2) is 0 Å². The second kappa shape index (κ2) is 6.93. The van der Waals surface area contributed by atoms with Gasteiger partial charge in [0.1, 0.15) is 6.61 Å². The Balaban J connectivity index is 3.05. The van der Waals surface area contributed by atoms with Crippen molar-refractivity contribution < 1.29 is 18.3 Å². The second-order valence-electron chi connectivity index (χ2n) is 2.14. The number of halogens is 2. The molecule has 0 atom stereocenters. The standard InChI is InChI=1S/C6H12F2N2O2/c7-5(8)4-12-3-1-2-6(11)10-9/h5H,1-4,9H2,(H,10,11). The van der Waals surface area contributed by atoms with Gasteiger partial charge in [-0.15, -0.1) is 0 Å². The van der Waals surface area contributed by atoms with E-state index in [4.69, 9.17) is 5.84 Å². The fourth-order valence-electron chi connectivity index (χ4n) is 0.579. The molecule has 0 bridgehead atoms. The lowest BCUT2D eigenvalue weighted by Crippen LogP contribution is -2.29. The topological polar surface area (TPSA) is 64.3 Å². The number of alkyl halides is 2. The summed E-state index contributed by atoms with van der Waals surface area (Å²) in [6.07, 6.45) is -1.86. The molecule has 0 aromatic rings. The number of ether oxygens (including phenoxy) is 1. The van der Waals surface area contributed by atoms with Crippen molar-refractivity contribution in [2.24, 2.45) is 5.84 Å². The van der Waals surface area contributed by atoms with Crippen LogP contribution in [0.25, 0.3) is 0 Å². The number of rotatable bonds is 6. The van der Waals surface area contributed by atoms with Crippen molar-refractivity contribution in [3.05, 3.63) is 0 Å². The molecule has 72 valence electrons. The summed E-state index contributed by atoms with van der Waals surface area (Å²) in [7, 11) is 0. The first-order valence-electron chi connectivity index (χ1n) is 3.52. The molecule has 6 heteroatoms. The van der Waals surface area contributed by atoms with Crippen LogP contribution < -0.4 is 11.3 Å². The second-order valence-corrected chi connectivity index (χ2v) is 2.14. The Hall–Kier alpha value is -0.750. The third-order valence-electron chi connectivity index (χ3n) is 1.10. The van der Waals surface area contributed by atoms with Gasteiger partial charge in [0.2, 0.25) is 5.91 Å². The molecular weight excluding hydrogens is 170 g/mol. The summed E-state index contributed by atoms with van der Waals surface area (Å²) in [6, 6.07) is 0. The highest BCUT2D eigenvalue weighted by atomic mass is 19.3. The van der Waals surface area contributed by atoms with Gasteiger partial charge in [0, 0.05) is 13.0 Å². The summed E-state index contributed by atoms with van der Waals surface area (Å²) in [5.41, 5.74) is 1.92. The monoisotopic (exact) mass is 182 g/mol. The van der Waals surface area contributed by atoms with Crippen LogP contribution >= 0.6 is 0 Å². The quantitative estimate of drug-likeness (QED) is 0.264. The molecule has 0 aromatic heterocycles. The highest BCUT2D eigenvalue weighted by molar-refractivity contribution is 5.75. The largest absolute Gasteiger partial charge is 0.376 e. The average molecular weight is 182 g/mol. The molecule has 0 unspecified atom stereocenters. The van der Waals surface area contributed by atoms with Crippen molar-refractivity contribution in [1.82, 2.24) is 5.43 Å². The molecule has 0 spiro atoms. The van der Waals surface area contributed by atoms with E-state index in [-0.39, 0.29) is 18.9 Å². The van der Waals surface area contributed by atoms with Crippen molar-refractivity contribution in [2.45, 2.75) is 19.3 Å². The molecule has 0 saturated heterocycles. The molecule has 0 heterocycles. The zero-order valence-corrected chi connectivity index (χ0v) is 6.56. The van der Waals surface area contributed by atoms with Crippen LogP contribution in [0.4, 0.5) is 8.78 Å². The van der Waals surface area contributed by atoms with E-state index in [2.05, 4.69) is 4.74 Å². The molecule has 0 aliphatic heterocycles. The number of carbonyl (C=O) groups excluding carboxylic acids is 1. The summed E-state index contributed by atoms with van der Waals surface area (Å²) < 4.78 is 27.4. The zero-order valence-electron chi connectivity index (χ0n) is 6.56. The lowest BCUT2D eigenvalue weighted by molar-refractivity contribution is -0.121. The minimum Gasteiger partial charge on any atom is -0.376 e. The van der Waals surface area contributed by atoms with E-state index >= 15 is 0 Å². The van der Waals surface area contributed by atoms with E-state index in [1.807, 2.05) is 5.43 Å². The maximum absolute atomic E-state index is 11.5. The highest BCUT2D eigenvalue weighted by Gasteiger charge is 2.02. The summed E-state index contributed by atoms with van der Waals surface area (Å²) in [6.45, 7) is -0.429. The van der Waals surface area contributed by atoms with Gasteiger partial charge in [-0.05, 0) is 6.42 Å². The fourth-order valence-corrected chi connectivity index (χ4v) is 0.579. The van der Waals surface area contributed by atoms with E-state index in [1.54, 1.807) is 0 Å². The van der Waals surface area contributed by atoms with Crippen LogP contribution in [-0.2, 0) is 9.53 Å². The smallest absolute Gasteiger partial charge is 0.261 e. The molecule has 0 saturated carbocycles. The summed E-state index contributed by atoms with van der Waals surface area (Å²) in [5, 5.41) is 0. The minimum atomic E-state index is -2.45. The predicted molar refractivity (Wildman–Crippen MR) is 38.4 cm³/mol. The molecule has 0 aliphatic carbocycles. The van der Waals surface area contributed by atoms with Crippen LogP contribution in [0.1, 0.15) is 12.8 Å². The average Bonchev–Trinajstić information content (AvgIpc) is 2.03. The van der Waals surface area contributed by atoms with E-state index in [9.17, 15) is 13.6 Å². The maximum Gasteiger partial charge on any atom is 0.261 e. The normalized spacial score (nSPS) is 10.3. The first kappa shape index (κ1) is 11.2. The molecule has 0 fully saturated rings.